The van der Waals surface area contributed by atoms with Gasteiger partial charge in [-0.3, -0.25) is 14.6 Å². The maximum absolute atomic E-state index is 13.3. The summed E-state index contributed by atoms with van der Waals surface area (Å²) in [5, 5.41) is 9.22. The summed E-state index contributed by atoms with van der Waals surface area (Å²) >= 11 is 0. The quantitative estimate of drug-likeness (QED) is 0.441. The van der Waals surface area contributed by atoms with Gasteiger partial charge in [-0.25, -0.2) is 0 Å². The van der Waals surface area contributed by atoms with E-state index in [9.17, 15) is 9.59 Å². The SMILES string of the molecule is C/C=C\CCN1C(=O)/C(=C/C)N(/N=C/C)CC1(C)C(=O)NC1CCCCC1. The van der Waals surface area contributed by atoms with Gasteiger partial charge in [0.1, 0.15) is 11.2 Å². The highest BCUT2D eigenvalue weighted by molar-refractivity contribution is 6.00. The third-order valence-electron chi connectivity index (χ3n) is 5.51. The van der Waals surface area contributed by atoms with Crippen LogP contribution in [0, 0.1) is 0 Å². The highest BCUT2D eigenvalue weighted by atomic mass is 16.2. The van der Waals surface area contributed by atoms with Gasteiger partial charge in [0.05, 0.1) is 6.54 Å². The van der Waals surface area contributed by atoms with Crippen molar-refractivity contribution in [2.75, 3.05) is 13.1 Å². The minimum Gasteiger partial charge on any atom is -0.351 e. The topological polar surface area (TPSA) is 65.0 Å². The summed E-state index contributed by atoms with van der Waals surface area (Å²) in [7, 11) is 0. The Bertz CT molecular complexity index is 620. The molecule has 1 saturated heterocycles. The van der Waals surface area contributed by atoms with Crippen LogP contribution in [0.25, 0.3) is 0 Å². The minimum atomic E-state index is -0.949. The van der Waals surface area contributed by atoms with Crippen molar-refractivity contribution < 1.29 is 9.59 Å². The predicted molar refractivity (Wildman–Crippen MR) is 109 cm³/mol. The molecular weight excluding hydrogens is 340 g/mol. The van der Waals surface area contributed by atoms with Crippen LogP contribution < -0.4 is 5.32 Å². The third-order valence-corrected chi connectivity index (χ3v) is 5.51. The van der Waals surface area contributed by atoms with E-state index in [4.69, 9.17) is 0 Å². The molecule has 2 amide bonds. The second kappa shape index (κ2) is 9.72. The van der Waals surface area contributed by atoms with E-state index in [0.717, 1.165) is 32.1 Å². The summed E-state index contributed by atoms with van der Waals surface area (Å²) < 4.78 is 0. The second-order valence-electron chi connectivity index (χ2n) is 7.50. The molecule has 1 saturated carbocycles. The van der Waals surface area contributed by atoms with Crippen molar-refractivity contribution in [3.63, 3.8) is 0 Å². The van der Waals surface area contributed by atoms with Crippen molar-refractivity contribution in [2.24, 2.45) is 5.10 Å². The van der Waals surface area contributed by atoms with Gasteiger partial charge in [-0.2, -0.15) is 5.10 Å². The average molecular weight is 375 g/mol. The zero-order valence-corrected chi connectivity index (χ0v) is 17.2. The molecule has 0 spiro atoms. The highest BCUT2D eigenvalue weighted by Gasteiger charge is 2.49. The minimum absolute atomic E-state index is 0.0744. The molecule has 2 aliphatic rings. The van der Waals surface area contributed by atoms with E-state index in [1.807, 2.05) is 39.8 Å². The molecule has 1 aliphatic carbocycles. The molecule has 0 radical (unpaired) electrons. The first-order valence-electron chi connectivity index (χ1n) is 10.1. The van der Waals surface area contributed by atoms with Crippen LogP contribution in [0.4, 0.5) is 0 Å². The van der Waals surface area contributed by atoms with Gasteiger partial charge in [-0.1, -0.05) is 37.5 Å². The molecule has 2 rings (SSSR count). The summed E-state index contributed by atoms with van der Waals surface area (Å²) in [6.45, 7) is 8.34. The van der Waals surface area contributed by atoms with Crippen molar-refractivity contribution in [1.29, 1.82) is 0 Å². The smallest absolute Gasteiger partial charge is 0.272 e. The number of nitrogens with zero attached hydrogens (tertiary/aromatic N) is 3. The molecule has 0 aromatic heterocycles. The van der Waals surface area contributed by atoms with Crippen LogP contribution in [0.5, 0.6) is 0 Å². The molecule has 6 nitrogen and oxygen atoms in total. The molecule has 0 aromatic rings. The zero-order valence-electron chi connectivity index (χ0n) is 17.2. The number of hydrogen-bond acceptors (Lipinski definition) is 4. The lowest BCUT2D eigenvalue weighted by Gasteiger charge is -2.47. The summed E-state index contributed by atoms with van der Waals surface area (Å²) in [4.78, 5) is 28.2. The molecule has 2 fully saturated rings. The predicted octanol–water partition coefficient (Wildman–Crippen LogP) is 3.21. The Hall–Kier alpha value is -2.11. The number of amides is 2. The zero-order chi connectivity index (χ0) is 19.9. The first-order chi connectivity index (χ1) is 13.0. The number of rotatable bonds is 6. The van der Waals surface area contributed by atoms with Crippen molar-refractivity contribution in [2.45, 2.75) is 77.8 Å². The van der Waals surface area contributed by atoms with E-state index in [1.54, 1.807) is 22.2 Å². The molecule has 1 atom stereocenters. The van der Waals surface area contributed by atoms with Gasteiger partial charge in [-0.15, -0.1) is 0 Å². The fourth-order valence-electron chi connectivity index (χ4n) is 3.95. The molecule has 0 aromatic carbocycles. The van der Waals surface area contributed by atoms with E-state index in [0.29, 0.717) is 18.8 Å². The first-order valence-corrected chi connectivity index (χ1v) is 10.1. The van der Waals surface area contributed by atoms with Crippen molar-refractivity contribution in [1.82, 2.24) is 15.2 Å². The summed E-state index contributed by atoms with van der Waals surface area (Å²) in [6.07, 6.45) is 13.7. The number of hydrogen-bond donors (Lipinski definition) is 1. The van der Waals surface area contributed by atoms with Gasteiger partial charge >= 0.3 is 0 Å². The average Bonchev–Trinajstić information content (AvgIpc) is 2.65. The van der Waals surface area contributed by atoms with Gasteiger partial charge in [0.25, 0.3) is 5.91 Å². The molecule has 6 heteroatoms. The van der Waals surface area contributed by atoms with Crippen LogP contribution in [-0.4, -0.2) is 52.6 Å². The van der Waals surface area contributed by atoms with Crippen LogP contribution in [0.15, 0.2) is 29.0 Å². The Morgan fingerprint density at radius 1 is 1.26 bits per heavy atom. The Balaban J connectivity index is 2.29. The lowest BCUT2D eigenvalue weighted by atomic mass is 9.91. The van der Waals surface area contributed by atoms with Crippen molar-refractivity contribution in [3.8, 4) is 0 Å². The Kier molecular flexibility index (Phi) is 7.63. The summed E-state index contributed by atoms with van der Waals surface area (Å²) in [6, 6.07) is 0.210. The lowest BCUT2D eigenvalue weighted by molar-refractivity contribution is -0.151. The molecular formula is C21H34N4O2. The van der Waals surface area contributed by atoms with Gasteiger partial charge in [0, 0.05) is 18.8 Å². The maximum Gasteiger partial charge on any atom is 0.272 e. The molecule has 1 N–H and O–H groups in total. The third kappa shape index (κ3) is 4.79. The molecule has 1 unspecified atom stereocenters. The van der Waals surface area contributed by atoms with Crippen LogP contribution in [0.2, 0.25) is 0 Å². The molecule has 27 heavy (non-hydrogen) atoms. The normalized spacial score (nSPS) is 26.5. The number of hydrazone groups is 1. The van der Waals surface area contributed by atoms with Crippen molar-refractivity contribution in [3.05, 3.63) is 23.9 Å². The second-order valence-corrected chi connectivity index (χ2v) is 7.50. The van der Waals surface area contributed by atoms with Crippen LogP contribution in [0.3, 0.4) is 0 Å². The van der Waals surface area contributed by atoms with E-state index in [-0.39, 0.29) is 17.9 Å². The van der Waals surface area contributed by atoms with Crippen LogP contribution in [0.1, 0.15) is 66.2 Å². The Morgan fingerprint density at radius 3 is 2.56 bits per heavy atom. The molecule has 150 valence electrons. The first kappa shape index (κ1) is 21.2. The standard InChI is InChI=1S/C21H34N4O2/c1-5-8-12-15-24-19(26)18(6-2)25(22-7-3)16-21(24,4)20(27)23-17-13-10-9-11-14-17/h5-8,17H,9-16H2,1-4H3,(H,23,27)/b8-5-,18-6-,22-7+. The highest BCUT2D eigenvalue weighted by Crippen LogP contribution is 2.30. The number of allylic oxidation sites excluding steroid dienone is 2. The number of carbonyl (C=O) groups is 2. The molecule has 1 heterocycles. The number of carbonyl (C=O) groups excluding carboxylic acids is 2. The fraction of sp³-hybridized carbons (Fsp3) is 0.667. The monoisotopic (exact) mass is 374 g/mol. The molecule has 1 aliphatic heterocycles. The van der Waals surface area contributed by atoms with Gasteiger partial charge < -0.3 is 10.2 Å². The summed E-state index contributed by atoms with van der Waals surface area (Å²) in [5.41, 5.74) is -0.425. The van der Waals surface area contributed by atoms with Gasteiger partial charge in [0.2, 0.25) is 5.91 Å². The number of piperazine rings is 1. The number of nitrogens with one attached hydrogen (secondary N) is 1. The van der Waals surface area contributed by atoms with E-state index in [1.165, 1.54) is 6.42 Å². The van der Waals surface area contributed by atoms with Gasteiger partial charge in [-0.05, 0) is 47.0 Å². The van der Waals surface area contributed by atoms with E-state index >= 15 is 0 Å². The maximum atomic E-state index is 13.3. The molecule has 0 bridgehead atoms. The lowest BCUT2D eigenvalue weighted by Crippen LogP contribution is -2.68. The van der Waals surface area contributed by atoms with Crippen molar-refractivity contribution >= 4 is 18.0 Å². The van der Waals surface area contributed by atoms with Crippen LogP contribution >= 0.6 is 0 Å². The van der Waals surface area contributed by atoms with E-state index < -0.39 is 5.54 Å². The van der Waals surface area contributed by atoms with Crippen LogP contribution in [-0.2, 0) is 9.59 Å². The Labute approximate surface area is 163 Å². The summed E-state index contributed by atoms with van der Waals surface area (Å²) in [5.74, 6) is -0.213. The van der Waals surface area contributed by atoms with Gasteiger partial charge in [0.15, 0.2) is 0 Å². The fourth-order valence-corrected chi connectivity index (χ4v) is 3.95. The largest absolute Gasteiger partial charge is 0.351 e. The van der Waals surface area contributed by atoms with E-state index in [2.05, 4.69) is 10.4 Å². The Morgan fingerprint density at radius 2 is 1.96 bits per heavy atom.